The Morgan fingerprint density at radius 1 is 1.42 bits per heavy atom. The van der Waals surface area contributed by atoms with E-state index in [-0.39, 0.29) is 11.6 Å². The molecule has 0 aliphatic heterocycles. The molecule has 0 aliphatic carbocycles. The van der Waals surface area contributed by atoms with Crippen molar-refractivity contribution < 1.29 is 9.13 Å². The van der Waals surface area contributed by atoms with Gasteiger partial charge in [0.25, 0.3) is 0 Å². The molecule has 0 heterocycles. The van der Waals surface area contributed by atoms with Crippen LogP contribution in [0.4, 0.5) is 10.1 Å². The molecule has 0 saturated carbocycles. The van der Waals surface area contributed by atoms with Crippen LogP contribution in [0, 0.1) is 12.7 Å². The van der Waals surface area contributed by atoms with Crippen LogP contribution in [0.2, 0.25) is 0 Å². The van der Waals surface area contributed by atoms with Gasteiger partial charge in [-0.3, -0.25) is 0 Å². The smallest absolute Gasteiger partial charge is 0.177 e. The fraction of sp³-hybridized carbons (Fsp3) is 0.333. The lowest BCUT2D eigenvalue weighted by Gasteiger charge is -2.11. The Hall–Kier alpha value is -1.25. The Balaban J connectivity index is 3.28. The normalized spacial score (nSPS) is 9.67. The van der Waals surface area contributed by atoms with Gasteiger partial charge < -0.3 is 10.1 Å². The van der Waals surface area contributed by atoms with Crippen LogP contribution >= 0.6 is 0 Å². The van der Waals surface area contributed by atoms with Crippen LogP contribution in [-0.2, 0) is 0 Å². The van der Waals surface area contributed by atoms with Crippen molar-refractivity contribution in [1.82, 2.24) is 0 Å². The van der Waals surface area contributed by atoms with Crippen LogP contribution in [-0.4, -0.2) is 14.2 Å². The summed E-state index contributed by atoms with van der Waals surface area (Å²) in [6.45, 7) is 1.90. The summed E-state index contributed by atoms with van der Waals surface area (Å²) < 4.78 is 18.0. The zero-order chi connectivity index (χ0) is 9.14. The number of nitrogens with one attached hydrogen (secondary N) is 1. The summed E-state index contributed by atoms with van der Waals surface area (Å²) in [4.78, 5) is 0. The molecule has 1 N–H and O–H groups in total. The second-order valence-corrected chi connectivity index (χ2v) is 2.52. The summed E-state index contributed by atoms with van der Waals surface area (Å²) in [7, 11) is 3.20. The minimum absolute atomic E-state index is 0.275. The number of hydrogen-bond donors (Lipinski definition) is 1. The number of halogens is 1. The van der Waals surface area contributed by atoms with Crippen molar-refractivity contribution in [3.8, 4) is 5.75 Å². The zero-order valence-electron chi connectivity index (χ0n) is 7.44. The molecule has 1 rings (SSSR count). The molecular weight excluding hydrogens is 157 g/mol. The molecule has 0 bridgehead atoms. The number of aryl methyl sites for hydroxylation is 1. The summed E-state index contributed by atoms with van der Waals surface area (Å²) in [5.41, 5.74) is 1.67. The monoisotopic (exact) mass is 169 g/mol. The van der Waals surface area contributed by atoms with Crippen molar-refractivity contribution in [3.05, 3.63) is 23.5 Å². The first-order chi connectivity index (χ1) is 5.70. The van der Waals surface area contributed by atoms with E-state index in [1.54, 1.807) is 13.1 Å². The van der Waals surface area contributed by atoms with E-state index in [1.165, 1.54) is 13.2 Å². The second kappa shape index (κ2) is 3.43. The van der Waals surface area contributed by atoms with Crippen LogP contribution in [0.25, 0.3) is 0 Å². The molecule has 1 aromatic rings. The van der Waals surface area contributed by atoms with Gasteiger partial charge in [-0.2, -0.15) is 0 Å². The lowest BCUT2D eigenvalue weighted by Crippen LogP contribution is -1.98. The summed E-state index contributed by atoms with van der Waals surface area (Å²) >= 11 is 0. The maximum Gasteiger partial charge on any atom is 0.177 e. The predicted molar refractivity (Wildman–Crippen MR) is 47.2 cm³/mol. The molecule has 0 radical (unpaired) electrons. The third-order valence-corrected chi connectivity index (χ3v) is 1.77. The SMILES string of the molecule is CNc1c(C)ccc(F)c1OC. The lowest BCUT2D eigenvalue weighted by atomic mass is 10.2. The number of ether oxygens (including phenoxy) is 1. The van der Waals surface area contributed by atoms with E-state index in [9.17, 15) is 4.39 Å². The van der Waals surface area contributed by atoms with E-state index in [4.69, 9.17) is 4.74 Å². The van der Waals surface area contributed by atoms with Crippen LogP contribution in [0.5, 0.6) is 5.75 Å². The molecule has 0 aromatic heterocycles. The van der Waals surface area contributed by atoms with E-state index < -0.39 is 0 Å². The highest BCUT2D eigenvalue weighted by molar-refractivity contribution is 5.61. The first-order valence-electron chi connectivity index (χ1n) is 3.71. The van der Waals surface area contributed by atoms with Gasteiger partial charge in [0.05, 0.1) is 12.8 Å². The molecule has 0 amide bonds. The molecule has 12 heavy (non-hydrogen) atoms. The van der Waals surface area contributed by atoms with Gasteiger partial charge in [-0.25, -0.2) is 4.39 Å². The van der Waals surface area contributed by atoms with E-state index in [0.29, 0.717) is 5.69 Å². The average molecular weight is 169 g/mol. The summed E-state index contributed by atoms with van der Waals surface area (Å²) in [6, 6.07) is 3.11. The standard InChI is InChI=1S/C9H12FNO/c1-6-4-5-7(10)9(12-3)8(6)11-2/h4-5,11H,1-3H3. The van der Waals surface area contributed by atoms with Gasteiger partial charge in [0.2, 0.25) is 0 Å². The van der Waals surface area contributed by atoms with Crippen LogP contribution in [0.15, 0.2) is 12.1 Å². The van der Waals surface area contributed by atoms with Gasteiger partial charge in [0.15, 0.2) is 11.6 Å². The van der Waals surface area contributed by atoms with Crippen molar-refractivity contribution >= 4 is 5.69 Å². The van der Waals surface area contributed by atoms with Crippen molar-refractivity contribution in [1.29, 1.82) is 0 Å². The van der Waals surface area contributed by atoms with Gasteiger partial charge in [-0.05, 0) is 18.6 Å². The van der Waals surface area contributed by atoms with Crippen LogP contribution < -0.4 is 10.1 Å². The minimum Gasteiger partial charge on any atom is -0.492 e. The van der Waals surface area contributed by atoms with Crippen molar-refractivity contribution in [2.24, 2.45) is 0 Å². The molecule has 66 valence electrons. The van der Waals surface area contributed by atoms with Crippen LogP contribution in [0.1, 0.15) is 5.56 Å². The molecule has 0 saturated heterocycles. The fourth-order valence-corrected chi connectivity index (χ4v) is 1.17. The second-order valence-electron chi connectivity index (χ2n) is 2.52. The molecule has 0 spiro atoms. The van der Waals surface area contributed by atoms with Gasteiger partial charge in [0.1, 0.15) is 0 Å². The van der Waals surface area contributed by atoms with Gasteiger partial charge >= 0.3 is 0 Å². The average Bonchev–Trinajstić information content (AvgIpc) is 2.08. The maximum atomic E-state index is 13.1. The molecule has 0 atom stereocenters. The summed E-state index contributed by atoms with van der Waals surface area (Å²) in [6.07, 6.45) is 0. The number of rotatable bonds is 2. The van der Waals surface area contributed by atoms with E-state index >= 15 is 0 Å². The number of methoxy groups -OCH3 is 1. The Kier molecular flexibility index (Phi) is 2.53. The molecule has 0 aliphatic rings. The number of benzene rings is 1. The first kappa shape index (κ1) is 8.84. The Morgan fingerprint density at radius 2 is 2.08 bits per heavy atom. The highest BCUT2D eigenvalue weighted by Gasteiger charge is 2.09. The van der Waals surface area contributed by atoms with Crippen molar-refractivity contribution in [3.63, 3.8) is 0 Å². The van der Waals surface area contributed by atoms with Crippen molar-refractivity contribution in [2.45, 2.75) is 6.92 Å². The number of anilines is 1. The molecule has 3 heteroatoms. The zero-order valence-corrected chi connectivity index (χ0v) is 7.44. The van der Waals surface area contributed by atoms with E-state index in [0.717, 1.165) is 5.56 Å². The quantitative estimate of drug-likeness (QED) is 0.732. The lowest BCUT2D eigenvalue weighted by molar-refractivity contribution is 0.388. The largest absolute Gasteiger partial charge is 0.492 e. The fourth-order valence-electron chi connectivity index (χ4n) is 1.17. The maximum absolute atomic E-state index is 13.1. The highest BCUT2D eigenvalue weighted by atomic mass is 19.1. The van der Waals surface area contributed by atoms with E-state index in [2.05, 4.69) is 5.32 Å². The highest BCUT2D eigenvalue weighted by Crippen LogP contribution is 2.30. The van der Waals surface area contributed by atoms with Crippen LogP contribution in [0.3, 0.4) is 0 Å². The number of hydrogen-bond acceptors (Lipinski definition) is 2. The molecule has 0 fully saturated rings. The van der Waals surface area contributed by atoms with E-state index in [1.807, 2.05) is 6.92 Å². The van der Waals surface area contributed by atoms with Gasteiger partial charge in [0, 0.05) is 7.05 Å². The molecule has 1 aromatic carbocycles. The summed E-state index contributed by atoms with van der Waals surface area (Å²) in [5.74, 6) is -0.0649. The van der Waals surface area contributed by atoms with Crippen molar-refractivity contribution in [2.75, 3.05) is 19.5 Å². The topological polar surface area (TPSA) is 21.3 Å². The first-order valence-corrected chi connectivity index (χ1v) is 3.71. The predicted octanol–water partition coefficient (Wildman–Crippen LogP) is 2.18. The Labute approximate surface area is 71.4 Å². The van der Waals surface area contributed by atoms with Gasteiger partial charge in [-0.1, -0.05) is 6.07 Å². The molecule has 2 nitrogen and oxygen atoms in total. The summed E-state index contributed by atoms with van der Waals surface area (Å²) in [5, 5.41) is 2.89. The Morgan fingerprint density at radius 3 is 2.50 bits per heavy atom. The Bertz CT molecular complexity index is 257. The third-order valence-electron chi connectivity index (χ3n) is 1.77. The molecule has 0 unspecified atom stereocenters. The minimum atomic E-state index is -0.340. The third kappa shape index (κ3) is 1.35. The molecular formula is C9H12FNO. The van der Waals surface area contributed by atoms with Gasteiger partial charge in [-0.15, -0.1) is 0 Å².